The molecule has 0 aliphatic heterocycles. The van der Waals surface area contributed by atoms with E-state index in [0.717, 1.165) is 5.56 Å². The summed E-state index contributed by atoms with van der Waals surface area (Å²) in [6.45, 7) is 0.434. The van der Waals surface area contributed by atoms with E-state index in [1.54, 1.807) is 24.3 Å². The van der Waals surface area contributed by atoms with Gasteiger partial charge in [0.25, 0.3) is 0 Å². The predicted molar refractivity (Wildman–Crippen MR) is 110 cm³/mol. The monoisotopic (exact) mass is 392 g/mol. The zero-order valence-corrected chi connectivity index (χ0v) is 16.3. The Hall–Kier alpha value is -3.41. The van der Waals surface area contributed by atoms with Crippen LogP contribution in [0.15, 0.2) is 66.7 Å². The number of allylic oxidation sites excluding steroid dienone is 2. The molecule has 0 saturated carbocycles. The molecule has 0 fully saturated rings. The van der Waals surface area contributed by atoms with Crippen LogP contribution in [0, 0.1) is 11.8 Å². The minimum Gasteiger partial charge on any atom is -0.465 e. The Morgan fingerprint density at radius 3 is 2.14 bits per heavy atom. The van der Waals surface area contributed by atoms with Crippen molar-refractivity contribution in [1.29, 1.82) is 0 Å². The van der Waals surface area contributed by atoms with E-state index in [4.69, 9.17) is 0 Å². The van der Waals surface area contributed by atoms with Gasteiger partial charge < -0.3 is 15.4 Å². The van der Waals surface area contributed by atoms with Crippen LogP contribution < -0.4 is 10.6 Å². The lowest BCUT2D eigenvalue weighted by Crippen LogP contribution is -2.40. The molecule has 1 aliphatic rings. The highest BCUT2D eigenvalue weighted by atomic mass is 16.5. The number of carbonyl (C=O) groups excluding carboxylic acids is 3. The third-order valence-corrected chi connectivity index (χ3v) is 4.99. The molecule has 3 rings (SSSR count). The fourth-order valence-corrected chi connectivity index (χ4v) is 3.35. The molecular formula is C23H24N2O4. The van der Waals surface area contributed by atoms with Gasteiger partial charge in [0.05, 0.1) is 24.5 Å². The quantitative estimate of drug-likeness (QED) is 0.583. The predicted octanol–water partition coefficient (Wildman–Crippen LogP) is 3.31. The van der Waals surface area contributed by atoms with Gasteiger partial charge in [0.1, 0.15) is 0 Å². The average Bonchev–Trinajstić information content (AvgIpc) is 2.78. The van der Waals surface area contributed by atoms with Gasteiger partial charge in [0.2, 0.25) is 11.8 Å². The molecular weight excluding hydrogens is 368 g/mol. The molecule has 2 atom stereocenters. The molecule has 150 valence electrons. The highest BCUT2D eigenvalue weighted by Crippen LogP contribution is 2.27. The molecule has 0 spiro atoms. The van der Waals surface area contributed by atoms with E-state index in [9.17, 15) is 14.4 Å². The number of rotatable bonds is 6. The molecule has 0 radical (unpaired) electrons. The molecule has 6 heteroatoms. The van der Waals surface area contributed by atoms with Crippen molar-refractivity contribution in [2.24, 2.45) is 11.8 Å². The van der Waals surface area contributed by atoms with Crippen molar-refractivity contribution in [3.05, 3.63) is 77.9 Å². The number of carbonyl (C=O) groups is 3. The fourth-order valence-electron chi connectivity index (χ4n) is 3.35. The summed E-state index contributed by atoms with van der Waals surface area (Å²) in [7, 11) is 1.32. The van der Waals surface area contributed by atoms with Crippen LogP contribution in [0.2, 0.25) is 0 Å². The third kappa shape index (κ3) is 5.31. The Labute approximate surface area is 170 Å². The minimum absolute atomic E-state index is 0.126. The lowest BCUT2D eigenvalue weighted by molar-refractivity contribution is -0.132. The first kappa shape index (κ1) is 20.3. The van der Waals surface area contributed by atoms with Crippen molar-refractivity contribution in [3.63, 3.8) is 0 Å². The number of hydrogen-bond donors (Lipinski definition) is 2. The summed E-state index contributed by atoms with van der Waals surface area (Å²) in [5.74, 6) is -1.64. The van der Waals surface area contributed by atoms with Gasteiger partial charge in [-0.1, -0.05) is 42.5 Å². The summed E-state index contributed by atoms with van der Waals surface area (Å²) in [6.07, 6.45) is 4.92. The van der Waals surface area contributed by atoms with Crippen molar-refractivity contribution in [2.45, 2.75) is 19.4 Å². The summed E-state index contributed by atoms with van der Waals surface area (Å²) < 4.78 is 4.67. The number of benzene rings is 2. The van der Waals surface area contributed by atoms with Gasteiger partial charge in [-0.25, -0.2) is 4.79 Å². The number of amides is 2. The molecule has 2 aromatic rings. The van der Waals surface area contributed by atoms with Crippen molar-refractivity contribution in [2.75, 3.05) is 12.4 Å². The van der Waals surface area contributed by atoms with Gasteiger partial charge in [-0.2, -0.15) is 0 Å². The van der Waals surface area contributed by atoms with E-state index in [-0.39, 0.29) is 11.8 Å². The summed E-state index contributed by atoms with van der Waals surface area (Å²) in [6, 6.07) is 16.1. The summed E-state index contributed by atoms with van der Waals surface area (Å²) in [5.41, 5.74) is 1.99. The van der Waals surface area contributed by atoms with E-state index in [1.165, 1.54) is 7.11 Å². The maximum Gasteiger partial charge on any atom is 0.337 e. The number of anilines is 1. The van der Waals surface area contributed by atoms with Crippen molar-refractivity contribution < 1.29 is 19.1 Å². The number of ether oxygens (including phenoxy) is 1. The van der Waals surface area contributed by atoms with Crippen molar-refractivity contribution >= 4 is 23.5 Å². The standard InChI is InChI=1S/C23H24N2O4/c1-29-23(28)17-11-13-18(14-12-17)25-22(27)20-10-6-5-9-19(20)21(26)24-15-16-7-3-2-4-8-16/h2-8,11-14,19-20H,9-10,15H2,1H3,(H,24,26)(H,25,27). The Balaban J connectivity index is 1.62. The topological polar surface area (TPSA) is 84.5 Å². The highest BCUT2D eigenvalue weighted by molar-refractivity contribution is 5.97. The molecule has 29 heavy (non-hydrogen) atoms. The summed E-state index contributed by atoms with van der Waals surface area (Å²) in [5, 5.41) is 5.79. The molecule has 2 N–H and O–H groups in total. The third-order valence-electron chi connectivity index (χ3n) is 4.99. The van der Waals surface area contributed by atoms with Crippen LogP contribution in [-0.4, -0.2) is 24.9 Å². The van der Waals surface area contributed by atoms with Crippen LogP contribution in [0.25, 0.3) is 0 Å². The molecule has 0 heterocycles. The van der Waals surface area contributed by atoms with Gasteiger partial charge >= 0.3 is 5.97 Å². The summed E-state index contributed by atoms with van der Waals surface area (Å²) >= 11 is 0. The maximum atomic E-state index is 12.8. The Morgan fingerprint density at radius 2 is 1.52 bits per heavy atom. The van der Waals surface area contributed by atoms with Gasteiger partial charge in [-0.3, -0.25) is 9.59 Å². The van der Waals surface area contributed by atoms with Crippen molar-refractivity contribution in [1.82, 2.24) is 5.32 Å². The number of nitrogens with one attached hydrogen (secondary N) is 2. The number of hydrogen-bond acceptors (Lipinski definition) is 4. The smallest absolute Gasteiger partial charge is 0.337 e. The second kappa shape index (κ2) is 9.68. The summed E-state index contributed by atoms with van der Waals surface area (Å²) in [4.78, 5) is 37.0. The van der Waals surface area contributed by atoms with E-state index in [0.29, 0.717) is 30.6 Å². The molecule has 2 unspecified atom stereocenters. The van der Waals surface area contributed by atoms with Gasteiger partial charge in [0, 0.05) is 12.2 Å². The van der Waals surface area contributed by atoms with E-state index in [2.05, 4.69) is 15.4 Å². The van der Waals surface area contributed by atoms with Crippen LogP contribution in [0.1, 0.15) is 28.8 Å². The molecule has 0 saturated heterocycles. The molecule has 0 aromatic heterocycles. The highest BCUT2D eigenvalue weighted by Gasteiger charge is 2.34. The van der Waals surface area contributed by atoms with Crippen LogP contribution in [0.3, 0.4) is 0 Å². The van der Waals surface area contributed by atoms with Gasteiger partial charge in [-0.15, -0.1) is 0 Å². The van der Waals surface area contributed by atoms with E-state index in [1.807, 2.05) is 42.5 Å². The number of methoxy groups -OCH3 is 1. The van der Waals surface area contributed by atoms with E-state index >= 15 is 0 Å². The Morgan fingerprint density at radius 1 is 0.897 bits per heavy atom. The fraction of sp³-hybridized carbons (Fsp3) is 0.261. The van der Waals surface area contributed by atoms with Crippen LogP contribution in [0.4, 0.5) is 5.69 Å². The van der Waals surface area contributed by atoms with Crippen molar-refractivity contribution in [3.8, 4) is 0 Å². The maximum absolute atomic E-state index is 12.8. The normalized spacial score (nSPS) is 18.0. The second-order valence-electron chi connectivity index (χ2n) is 6.92. The first-order valence-corrected chi connectivity index (χ1v) is 9.54. The molecule has 1 aliphatic carbocycles. The minimum atomic E-state index is -0.448. The van der Waals surface area contributed by atoms with Gasteiger partial charge in [0.15, 0.2) is 0 Å². The van der Waals surface area contributed by atoms with E-state index < -0.39 is 17.8 Å². The van der Waals surface area contributed by atoms with Crippen LogP contribution in [-0.2, 0) is 20.9 Å². The first-order chi connectivity index (χ1) is 14.1. The Kier molecular flexibility index (Phi) is 6.79. The largest absolute Gasteiger partial charge is 0.465 e. The zero-order chi connectivity index (χ0) is 20.6. The molecule has 6 nitrogen and oxygen atoms in total. The average molecular weight is 392 g/mol. The SMILES string of the molecule is COC(=O)c1ccc(NC(=O)C2CC=CCC2C(=O)NCc2ccccc2)cc1. The molecule has 2 amide bonds. The lowest BCUT2D eigenvalue weighted by atomic mass is 9.81. The second-order valence-corrected chi connectivity index (χ2v) is 6.92. The first-order valence-electron chi connectivity index (χ1n) is 9.54. The molecule has 2 aromatic carbocycles. The zero-order valence-electron chi connectivity index (χ0n) is 16.3. The van der Waals surface area contributed by atoms with Crippen LogP contribution >= 0.6 is 0 Å². The number of esters is 1. The Bertz CT molecular complexity index is 891. The van der Waals surface area contributed by atoms with Gasteiger partial charge in [-0.05, 0) is 42.7 Å². The molecule has 0 bridgehead atoms. The van der Waals surface area contributed by atoms with Crippen LogP contribution in [0.5, 0.6) is 0 Å². The lowest BCUT2D eigenvalue weighted by Gasteiger charge is -2.26.